The lowest BCUT2D eigenvalue weighted by atomic mass is 10.0. The van der Waals surface area contributed by atoms with E-state index >= 15 is 0 Å². The molecule has 0 spiro atoms. The standard InChI is InChI=1S/C18H15N3O4S/c1-10-8-19-17(26-10)20-16(22)18(4-5-18)15-7-13(25-21-15)11-2-3-12-14(6-11)24-9-23-12/h2-3,6-8H,4-5,9H2,1H3,(H,19,20,22). The van der Waals surface area contributed by atoms with E-state index in [-0.39, 0.29) is 12.7 Å². The Morgan fingerprint density at radius 2 is 2.08 bits per heavy atom. The van der Waals surface area contributed by atoms with Crippen molar-refractivity contribution in [3.63, 3.8) is 0 Å². The number of hydrogen-bond acceptors (Lipinski definition) is 7. The second-order valence-electron chi connectivity index (χ2n) is 6.46. The van der Waals surface area contributed by atoms with Crippen molar-refractivity contribution >= 4 is 22.4 Å². The molecule has 1 aromatic carbocycles. The number of ether oxygens (including phenoxy) is 2. The van der Waals surface area contributed by atoms with Gasteiger partial charge in [0.05, 0.1) is 11.1 Å². The van der Waals surface area contributed by atoms with Gasteiger partial charge in [-0.1, -0.05) is 5.16 Å². The van der Waals surface area contributed by atoms with Gasteiger partial charge in [-0.15, -0.1) is 11.3 Å². The van der Waals surface area contributed by atoms with Crippen LogP contribution in [0.25, 0.3) is 11.3 Å². The molecule has 1 N–H and O–H groups in total. The van der Waals surface area contributed by atoms with E-state index in [1.54, 1.807) is 6.20 Å². The molecule has 132 valence electrons. The molecule has 7 nitrogen and oxygen atoms in total. The number of amides is 1. The van der Waals surface area contributed by atoms with Gasteiger partial charge in [0.15, 0.2) is 22.4 Å². The van der Waals surface area contributed by atoms with E-state index in [0.717, 1.165) is 23.3 Å². The van der Waals surface area contributed by atoms with Crippen LogP contribution in [0.4, 0.5) is 5.13 Å². The summed E-state index contributed by atoms with van der Waals surface area (Å²) in [5.74, 6) is 1.91. The van der Waals surface area contributed by atoms with Gasteiger partial charge in [-0.05, 0) is 38.0 Å². The Balaban J connectivity index is 1.40. The Bertz CT molecular complexity index is 1010. The molecular weight excluding hydrogens is 354 g/mol. The highest BCUT2D eigenvalue weighted by Crippen LogP contribution is 2.49. The number of carbonyl (C=O) groups excluding carboxylic acids is 1. The Hall–Kier alpha value is -2.87. The number of nitrogens with one attached hydrogen (secondary N) is 1. The summed E-state index contributed by atoms with van der Waals surface area (Å²) in [7, 11) is 0. The topological polar surface area (TPSA) is 86.5 Å². The van der Waals surface area contributed by atoms with Gasteiger partial charge in [0.25, 0.3) is 0 Å². The first-order valence-electron chi connectivity index (χ1n) is 8.25. The van der Waals surface area contributed by atoms with Crippen molar-refractivity contribution in [2.75, 3.05) is 12.1 Å². The van der Waals surface area contributed by atoms with Gasteiger partial charge in [-0.2, -0.15) is 0 Å². The van der Waals surface area contributed by atoms with E-state index in [2.05, 4.69) is 15.5 Å². The van der Waals surface area contributed by atoms with Gasteiger partial charge in [0, 0.05) is 22.7 Å². The van der Waals surface area contributed by atoms with Crippen molar-refractivity contribution in [2.45, 2.75) is 25.2 Å². The Kier molecular flexibility index (Phi) is 3.30. The van der Waals surface area contributed by atoms with E-state index in [0.29, 0.717) is 28.1 Å². The molecule has 0 atom stereocenters. The molecule has 26 heavy (non-hydrogen) atoms. The number of aryl methyl sites for hydroxylation is 1. The van der Waals surface area contributed by atoms with Crippen molar-refractivity contribution in [3.8, 4) is 22.8 Å². The van der Waals surface area contributed by atoms with E-state index in [4.69, 9.17) is 14.0 Å². The Morgan fingerprint density at radius 3 is 2.85 bits per heavy atom. The second-order valence-corrected chi connectivity index (χ2v) is 7.69. The molecule has 1 aliphatic heterocycles. The molecule has 0 bridgehead atoms. The molecular formula is C18H15N3O4S. The van der Waals surface area contributed by atoms with E-state index in [1.165, 1.54) is 11.3 Å². The van der Waals surface area contributed by atoms with Crippen LogP contribution in [-0.2, 0) is 10.2 Å². The van der Waals surface area contributed by atoms with Crippen molar-refractivity contribution < 1.29 is 18.8 Å². The molecule has 3 heterocycles. The average molecular weight is 369 g/mol. The predicted molar refractivity (Wildman–Crippen MR) is 94.5 cm³/mol. The summed E-state index contributed by atoms with van der Waals surface area (Å²) in [5, 5.41) is 7.67. The first-order valence-corrected chi connectivity index (χ1v) is 9.07. The van der Waals surface area contributed by atoms with Crippen LogP contribution in [0, 0.1) is 6.92 Å². The summed E-state index contributed by atoms with van der Waals surface area (Å²) in [5.41, 5.74) is 0.855. The Labute approximate surface area is 152 Å². The van der Waals surface area contributed by atoms with Crippen LogP contribution in [0.15, 0.2) is 35.0 Å². The lowest BCUT2D eigenvalue weighted by Crippen LogP contribution is -2.28. The third-order valence-electron chi connectivity index (χ3n) is 4.68. The number of rotatable bonds is 4. The van der Waals surface area contributed by atoms with Crippen LogP contribution >= 0.6 is 11.3 Å². The van der Waals surface area contributed by atoms with Crippen LogP contribution in [0.1, 0.15) is 23.4 Å². The van der Waals surface area contributed by atoms with E-state index in [1.807, 2.05) is 31.2 Å². The fourth-order valence-corrected chi connectivity index (χ4v) is 3.70. The highest BCUT2D eigenvalue weighted by atomic mass is 32.1. The summed E-state index contributed by atoms with van der Waals surface area (Å²) < 4.78 is 16.2. The summed E-state index contributed by atoms with van der Waals surface area (Å²) in [6, 6.07) is 7.40. The minimum absolute atomic E-state index is 0.0858. The van der Waals surface area contributed by atoms with Gasteiger partial charge < -0.3 is 19.3 Å². The SMILES string of the molecule is Cc1cnc(NC(=O)C2(c3cc(-c4ccc5c(c4)OCO5)on3)CC2)s1. The highest BCUT2D eigenvalue weighted by Gasteiger charge is 2.54. The zero-order chi connectivity index (χ0) is 17.7. The molecule has 5 rings (SSSR count). The molecule has 0 saturated heterocycles. The van der Waals surface area contributed by atoms with Gasteiger partial charge in [-0.25, -0.2) is 4.98 Å². The molecule has 1 amide bonds. The van der Waals surface area contributed by atoms with E-state index in [9.17, 15) is 4.79 Å². The first-order chi connectivity index (χ1) is 12.6. The van der Waals surface area contributed by atoms with E-state index < -0.39 is 5.41 Å². The Morgan fingerprint density at radius 1 is 1.23 bits per heavy atom. The summed E-state index contributed by atoms with van der Waals surface area (Å²) in [6.45, 7) is 2.18. The minimum atomic E-state index is -0.627. The van der Waals surface area contributed by atoms with Crippen LogP contribution < -0.4 is 14.8 Å². The van der Waals surface area contributed by atoms with Crippen molar-refractivity contribution in [3.05, 3.63) is 41.0 Å². The van der Waals surface area contributed by atoms with Gasteiger partial charge >= 0.3 is 0 Å². The van der Waals surface area contributed by atoms with Crippen LogP contribution in [0.3, 0.4) is 0 Å². The maximum atomic E-state index is 12.7. The van der Waals surface area contributed by atoms with Gasteiger partial charge in [-0.3, -0.25) is 4.79 Å². The fourth-order valence-electron chi connectivity index (χ4n) is 3.04. The number of benzene rings is 1. The lowest BCUT2D eigenvalue weighted by Gasteiger charge is -2.10. The third kappa shape index (κ3) is 2.45. The summed E-state index contributed by atoms with van der Waals surface area (Å²) in [4.78, 5) is 18.0. The first kappa shape index (κ1) is 15.4. The predicted octanol–water partition coefficient (Wildman–Crippen LogP) is 3.51. The minimum Gasteiger partial charge on any atom is -0.454 e. The highest BCUT2D eigenvalue weighted by molar-refractivity contribution is 7.15. The molecule has 0 radical (unpaired) electrons. The lowest BCUT2D eigenvalue weighted by molar-refractivity contribution is -0.118. The van der Waals surface area contributed by atoms with Crippen LogP contribution in [0.5, 0.6) is 11.5 Å². The maximum Gasteiger partial charge on any atom is 0.238 e. The maximum absolute atomic E-state index is 12.7. The zero-order valence-corrected chi connectivity index (χ0v) is 14.8. The molecule has 2 aromatic heterocycles. The number of anilines is 1. The molecule has 2 aliphatic rings. The number of hydrogen-bond donors (Lipinski definition) is 1. The number of nitrogens with zero attached hydrogens (tertiary/aromatic N) is 2. The van der Waals surface area contributed by atoms with Crippen LogP contribution in [0.2, 0.25) is 0 Å². The summed E-state index contributed by atoms with van der Waals surface area (Å²) in [6.07, 6.45) is 3.24. The van der Waals surface area contributed by atoms with Crippen molar-refractivity contribution in [1.29, 1.82) is 0 Å². The smallest absolute Gasteiger partial charge is 0.238 e. The molecule has 3 aromatic rings. The largest absolute Gasteiger partial charge is 0.454 e. The zero-order valence-electron chi connectivity index (χ0n) is 13.9. The number of carbonyl (C=O) groups is 1. The molecule has 8 heteroatoms. The van der Waals surface area contributed by atoms with Crippen LogP contribution in [-0.4, -0.2) is 22.8 Å². The monoisotopic (exact) mass is 369 g/mol. The van der Waals surface area contributed by atoms with Gasteiger partial charge in [0.2, 0.25) is 12.7 Å². The number of aromatic nitrogens is 2. The molecule has 1 saturated carbocycles. The van der Waals surface area contributed by atoms with Gasteiger partial charge in [0.1, 0.15) is 0 Å². The fraction of sp³-hybridized carbons (Fsp3) is 0.278. The molecule has 0 unspecified atom stereocenters. The molecule has 1 fully saturated rings. The normalized spacial score (nSPS) is 16.5. The third-order valence-corrected chi connectivity index (χ3v) is 5.51. The number of thiazole rings is 1. The average Bonchev–Trinajstić information content (AvgIpc) is 3.01. The quantitative estimate of drug-likeness (QED) is 0.757. The molecule has 1 aliphatic carbocycles. The van der Waals surface area contributed by atoms with Crippen molar-refractivity contribution in [2.24, 2.45) is 0 Å². The second kappa shape index (κ2) is 5.57. The number of fused-ring (bicyclic) bond motifs is 1. The van der Waals surface area contributed by atoms with Crippen molar-refractivity contribution in [1.82, 2.24) is 10.1 Å². The summed E-state index contributed by atoms with van der Waals surface area (Å²) >= 11 is 1.46.